The molecular weight excluding hydrogens is 337 g/mol. The molecule has 0 saturated carbocycles. The van der Waals surface area contributed by atoms with E-state index in [4.69, 9.17) is 32.7 Å². The molecule has 1 amide bonds. The molecule has 0 saturated heterocycles. The van der Waals surface area contributed by atoms with Crippen LogP contribution in [0.1, 0.15) is 13.3 Å². The third kappa shape index (κ3) is 4.78. The SMILES string of the molecule is CC[C@H](Oc1ccc(OC)cc1)C(=O)Nc1ccc(Cl)cc1Cl. The van der Waals surface area contributed by atoms with E-state index < -0.39 is 6.10 Å². The number of carbonyl (C=O) groups excluding carboxylic acids is 1. The van der Waals surface area contributed by atoms with Gasteiger partial charge in [0.25, 0.3) is 5.91 Å². The molecule has 0 aliphatic heterocycles. The van der Waals surface area contributed by atoms with E-state index in [2.05, 4.69) is 5.32 Å². The smallest absolute Gasteiger partial charge is 0.265 e. The van der Waals surface area contributed by atoms with Gasteiger partial charge in [0.1, 0.15) is 11.5 Å². The molecule has 2 aromatic rings. The first-order valence-electron chi connectivity index (χ1n) is 7.10. The summed E-state index contributed by atoms with van der Waals surface area (Å²) in [5.41, 5.74) is 0.498. The number of amides is 1. The number of ether oxygens (including phenoxy) is 2. The second-order valence-electron chi connectivity index (χ2n) is 4.80. The summed E-state index contributed by atoms with van der Waals surface area (Å²) in [6.07, 6.45) is -0.113. The third-order valence-electron chi connectivity index (χ3n) is 3.19. The van der Waals surface area contributed by atoms with Crippen LogP contribution in [0.4, 0.5) is 5.69 Å². The highest BCUT2D eigenvalue weighted by atomic mass is 35.5. The van der Waals surface area contributed by atoms with Gasteiger partial charge >= 0.3 is 0 Å². The van der Waals surface area contributed by atoms with Crippen molar-refractivity contribution >= 4 is 34.8 Å². The Labute approximate surface area is 145 Å². The van der Waals surface area contributed by atoms with Crippen molar-refractivity contribution in [3.05, 3.63) is 52.5 Å². The van der Waals surface area contributed by atoms with Gasteiger partial charge in [-0.25, -0.2) is 0 Å². The summed E-state index contributed by atoms with van der Waals surface area (Å²) >= 11 is 11.9. The monoisotopic (exact) mass is 353 g/mol. The number of hydrogen-bond acceptors (Lipinski definition) is 3. The molecule has 0 radical (unpaired) electrons. The zero-order valence-corrected chi connectivity index (χ0v) is 14.3. The van der Waals surface area contributed by atoms with Crippen molar-refractivity contribution in [1.29, 1.82) is 0 Å². The lowest BCUT2D eigenvalue weighted by Crippen LogP contribution is -2.32. The van der Waals surface area contributed by atoms with Gasteiger partial charge in [0, 0.05) is 5.02 Å². The Bertz CT molecular complexity index is 674. The van der Waals surface area contributed by atoms with Crippen molar-refractivity contribution in [3.63, 3.8) is 0 Å². The molecule has 23 heavy (non-hydrogen) atoms. The van der Waals surface area contributed by atoms with Crippen molar-refractivity contribution in [2.75, 3.05) is 12.4 Å². The summed E-state index contributed by atoms with van der Waals surface area (Å²) in [7, 11) is 1.59. The van der Waals surface area contributed by atoms with Crippen LogP contribution in [0.15, 0.2) is 42.5 Å². The summed E-state index contributed by atoms with van der Waals surface area (Å²) in [6.45, 7) is 1.87. The van der Waals surface area contributed by atoms with E-state index in [-0.39, 0.29) is 5.91 Å². The summed E-state index contributed by atoms with van der Waals surface area (Å²) in [5.74, 6) is 1.05. The van der Waals surface area contributed by atoms with E-state index in [9.17, 15) is 4.79 Å². The first-order valence-corrected chi connectivity index (χ1v) is 7.85. The molecule has 122 valence electrons. The van der Waals surface area contributed by atoms with Gasteiger partial charge in [0.15, 0.2) is 6.10 Å². The number of nitrogens with one attached hydrogen (secondary N) is 1. The molecule has 0 fully saturated rings. The highest BCUT2D eigenvalue weighted by Crippen LogP contribution is 2.26. The molecule has 0 spiro atoms. The van der Waals surface area contributed by atoms with Crippen LogP contribution in [0.3, 0.4) is 0 Å². The van der Waals surface area contributed by atoms with Gasteiger partial charge in [-0.2, -0.15) is 0 Å². The molecule has 0 bridgehead atoms. The lowest BCUT2D eigenvalue weighted by molar-refractivity contribution is -0.122. The topological polar surface area (TPSA) is 47.6 Å². The predicted molar refractivity (Wildman–Crippen MR) is 92.8 cm³/mol. The Morgan fingerprint density at radius 2 is 1.78 bits per heavy atom. The van der Waals surface area contributed by atoms with Gasteiger partial charge in [-0.1, -0.05) is 30.1 Å². The second-order valence-corrected chi connectivity index (χ2v) is 5.65. The number of hydrogen-bond donors (Lipinski definition) is 1. The largest absolute Gasteiger partial charge is 0.497 e. The maximum absolute atomic E-state index is 12.4. The van der Waals surface area contributed by atoms with Crippen LogP contribution < -0.4 is 14.8 Å². The van der Waals surface area contributed by atoms with Crippen LogP contribution in [0, 0.1) is 0 Å². The van der Waals surface area contributed by atoms with E-state index in [0.717, 1.165) is 5.75 Å². The van der Waals surface area contributed by atoms with E-state index in [1.807, 2.05) is 6.92 Å². The molecule has 1 N–H and O–H groups in total. The van der Waals surface area contributed by atoms with Crippen LogP contribution in [0.5, 0.6) is 11.5 Å². The Kier molecular flexibility index (Phi) is 6.13. The van der Waals surface area contributed by atoms with Crippen LogP contribution in [-0.2, 0) is 4.79 Å². The molecule has 0 aliphatic rings. The quantitative estimate of drug-likeness (QED) is 0.811. The van der Waals surface area contributed by atoms with Crippen LogP contribution in [0.25, 0.3) is 0 Å². The molecule has 0 unspecified atom stereocenters. The van der Waals surface area contributed by atoms with Crippen molar-refractivity contribution in [1.82, 2.24) is 0 Å². The Morgan fingerprint density at radius 1 is 1.13 bits per heavy atom. The predicted octanol–water partition coefficient (Wildman–Crippen LogP) is 4.80. The average Bonchev–Trinajstić information content (AvgIpc) is 2.55. The molecule has 2 aromatic carbocycles. The minimum absolute atomic E-state index is 0.271. The Balaban J connectivity index is 2.05. The van der Waals surface area contributed by atoms with Crippen molar-refractivity contribution in [2.24, 2.45) is 0 Å². The lowest BCUT2D eigenvalue weighted by Gasteiger charge is -2.18. The maximum Gasteiger partial charge on any atom is 0.265 e. The van der Waals surface area contributed by atoms with Gasteiger partial charge < -0.3 is 14.8 Å². The highest BCUT2D eigenvalue weighted by Gasteiger charge is 2.19. The summed E-state index contributed by atoms with van der Waals surface area (Å²) in [5, 5.41) is 3.64. The normalized spacial score (nSPS) is 11.7. The summed E-state index contributed by atoms with van der Waals surface area (Å²) in [6, 6.07) is 11.9. The first kappa shape index (κ1) is 17.4. The number of methoxy groups -OCH3 is 1. The van der Waals surface area contributed by atoms with Gasteiger partial charge in [-0.05, 0) is 48.9 Å². The zero-order valence-electron chi connectivity index (χ0n) is 12.8. The second kappa shape index (κ2) is 8.09. The molecule has 4 nitrogen and oxygen atoms in total. The van der Waals surface area contributed by atoms with Crippen LogP contribution >= 0.6 is 23.2 Å². The highest BCUT2D eigenvalue weighted by molar-refractivity contribution is 6.36. The van der Waals surface area contributed by atoms with E-state index in [0.29, 0.717) is 27.9 Å². The molecule has 2 rings (SSSR count). The molecule has 0 aliphatic carbocycles. The van der Waals surface area contributed by atoms with Crippen LogP contribution in [-0.4, -0.2) is 19.1 Å². The van der Waals surface area contributed by atoms with Crippen molar-refractivity contribution in [2.45, 2.75) is 19.4 Å². The average molecular weight is 354 g/mol. The maximum atomic E-state index is 12.4. The minimum Gasteiger partial charge on any atom is -0.497 e. The fourth-order valence-electron chi connectivity index (χ4n) is 1.94. The minimum atomic E-state index is -0.630. The molecule has 0 heterocycles. The van der Waals surface area contributed by atoms with E-state index in [1.165, 1.54) is 0 Å². The third-order valence-corrected chi connectivity index (χ3v) is 3.74. The summed E-state index contributed by atoms with van der Waals surface area (Å²) in [4.78, 5) is 12.4. The lowest BCUT2D eigenvalue weighted by atomic mass is 10.2. The zero-order chi connectivity index (χ0) is 16.8. The Hall–Kier alpha value is -1.91. The summed E-state index contributed by atoms with van der Waals surface area (Å²) < 4.78 is 10.8. The van der Waals surface area contributed by atoms with Gasteiger partial charge in [-0.3, -0.25) is 4.79 Å². The Morgan fingerprint density at radius 3 is 2.35 bits per heavy atom. The number of carbonyl (C=O) groups is 1. The van der Waals surface area contributed by atoms with E-state index in [1.54, 1.807) is 49.6 Å². The standard InChI is InChI=1S/C17H17Cl2NO3/c1-3-16(23-13-7-5-12(22-2)6-8-13)17(21)20-15-9-4-11(18)10-14(15)19/h4-10,16H,3H2,1-2H3,(H,20,21)/t16-/m0/s1. The molecule has 1 atom stereocenters. The number of rotatable bonds is 6. The van der Waals surface area contributed by atoms with Gasteiger partial charge in [0.2, 0.25) is 0 Å². The van der Waals surface area contributed by atoms with Gasteiger partial charge in [0.05, 0.1) is 17.8 Å². The van der Waals surface area contributed by atoms with Gasteiger partial charge in [-0.15, -0.1) is 0 Å². The number of anilines is 1. The fourth-order valence-corrected chi connectivity index (χ4v) is 2.40. The van der Waals surface area contributed by atoms with Crippen molar-refractivity contribution < 1.29 is 14.3 Å². The molecular formula is C17H17Cl2NO3. The number of halogens is 2. The fraction of sp³-hybridized carbons (Fsp3) is 0.235. The van der Waals surface area contributed by atoms with Crippen LogP contribution in [0.2, 0.25) is 10.0 Å². The van der Waals surface area contributed by atoms with Crippen molar-refractivity contribution in [3.8, 4) is 11.5 Å². The molecule has 0 aromatic heterocycles. The molecule has 6 heteroatoms. The first-order chi connectivity index (χ1) is 11.0. The number of benzene rings is 2. The van der Waals surface area contributed by atoms with E-state index >= 15 is 0 Å².